The number of amides is 1. The van der Waals surface area contributed by atoms with Crippen molar-refractivity contribution in [2.45, 2.75) is 25.7 Å². The van der Waals surface area contributed by atoms with Gasteiger partial charge >= 0.3 is 0 Å². The molecular weight excluding hydrogens is 276 g/mol. The van der Waals surface area contributed by atoms with Crippen LogP contribution in [-0.2, 0) is 4.79 Å². The quantitative estimate of drug-likeness (QED) is 0.910. The first-order valence-electron chi connectivity index (χ1n) is 6.68. The molecule has 110 valence electrons. The number of nitrogens with zero attached hydrogens (tertiary/aromatic N) is 1. The first kappa shape index (κ1) is 13.7. The Balaban J connectivity index is 1.70. The van der Waals surface area contributed by atoms with Crippen molar-refractivity contribution in [1.29, 1.82) is 0 Å². The van der Waals surface area contributed by atoms with Crippen molar-refractivity contribution in [3.63, 3.8) is 0 Å². The van der Waals surface area contributed by atoms with Crippen LogP contribution in [-0.4, -0.2) is 21.8 Å². The highest BCUT2D eigenvalue weighted by atomic mass is 19.3. The van der Waals surface area contributed by atoms with Gasteiger partial charge in [-0.1, -0.05) is 37.3 Å². The molecule has 3 rings (SSSR count). The van der Waals surface area contributed by atoms with Gasteiger partial charge in [-0.15, -0.1) is 0 Å². The topological polar surface area (TPSA) is 57.8 Å². The average molecular weight is 291 g/mol. The van der Waals surface area contributed by atoms with E-state index in [2.05, 4.69) is 15.3 Å². The van der Waals surface area contributed by atoms with Gasteiger partial charge in [0.2, 0.25) is 17.8 Å². The second-order valence-corrected chi connectivity index (χ2v) is 5.74. The summed E-state index contributed by atoms with van der Waals surface area (Å²) in [5, 5.41) is 2.57. The summed E-state index contributed by atoms with van der Waals surface area (Å²) in [6.45, 7) is 1.54. The van der Waals surface area contributed by atoms with E-state index in [0.717, 1.165) is 11.3 Å². The minimum Gasteiger partial charge on any atom is -0.324 e. The summed E-state index contributed by atoms with van der Waals surface area (Å²) in [6.07, 6.45) is 0.763. The third kappa shape index (κ3) is 2.66. The molecule has 0 atom stereocenters. The molecule has 2 N–H and O–H groups in total. The summed E-state index contributed by atoms with van der Waals surface area (Å²) in [5.74, 6) is -2.89. The lowest BCUT2D eigenvalue weighted by Gasteiger charge is -2.42. The van der Waals surface area contributed by atoms with Gasteiger partial charge in [-0.25, -0.2) is 13.8 Å². The predicted octanol–water partition coefficient (Wildman–Crippen LogP) is 3.45. The third-order valence-electron chi connectivity index (χ3n) is 3.74. The van der Waals surface area contributed by atoms with Gasteiger partial charge in [-0.2, -0.15) is 0 Å². The van der Waals surface area contributed by atoms with Crippen LogP contribution < -0.4 is 5.32 Å². The molecule has 1 saturated carbocycles. The SMILES string of the molecule is CC1(C(=O)Nc2ncc(-c3ccccc3)[nH]2)CC(F)(F)C1. The molecule has 0 aliphatic heterocycles. The summed E-state index contributed by atoms with van der Waals surface area (Å²) in [4.78, 5) is 19.1. The molecule has 1 aromatic carbocycles. The third-order valence-corrected chi connectivity index (χ3v) is 3.74. The van der Waals surface area contributed by atoms with E-state index in [1.165, 1.54) is 0 Å². The summed E-state index contributed by atoms with van der Waals surface area (Å²) in [7, 11) is 0. The van der Waals surface area contributed by atoms with E-state index in [4.69, 9.17) is 0 Å². The molecule has 0 unspecified atom stereocenters. The van der Waals surface area contributed by atoms with E-state index in [-0.39, 0.29) is 5.95 Å². The van der Waals surface area contributed by atoms with Gasteiger partial charge in [0, 0.05) is 12.8 Å². The number of carbonyl (C=O) groups is 1. The maximum absolute atomic E-state index is 13.0. The summed E-state index contributed by atoms with van der Waals surface area (Å²) >= 11 is 0. The van der Waals surface area contributed by atoms with E-state index < -0.39 is 30.1 Å². The van der Waals surface area contributed by atoms with Gasteiger partial charge in [0.05, 0.1) is 17.3 Å². The number of rotatable bonds is 3. The van der Waals surface area contributed by atoms with Crippen LogP contribution in [0.4, 0.5) is 14.7 Å². The molecule has 1 aromatic heterocycles. The number of carbonyl (C=O) groups excluding carboxylic acids is 1. The molecule has 1 aliphatic carbocycles. The lowest BCUT2D eigenvalue weighted by atomic mass is 9.67. The zero-order valence-electron chi connectivity index (χ0n) is 11.5. The van der Waals surface area contributed by atoms with Crippen LogP contribution >= 0.6 is 0 Å². The van der Waals surface area contributed by atoms with Crippen LogP contribution in [0.2, 0.25) is 0 Å². The molecule has 2 aromatic rings. The second kappa shape index (κ2) is 4.65. The molecule has 0 radical (unpaired) electrons. The van der Waals surface area contributed by atoms with Gasteiger partial charge in [0.1, 0.15) is 0 Å². The van der Waals surface area contributed by atoms with Crippen LogP contribution in [0.15, 0.2) is 36.5 Å². The number of hydrogen-bond donors (Lipinski definition) is 2. The van der Waals surface area contributed by atoms with E-state index in [0.29, 0.717) is 0 Å². The van der Waals surface area contributed by atoms with Crippen molar-refractivity contribution in [2.75, 3.05) is 5.32 Å². The Hall–Kier alpha value is -2.24. The highest BCUT2D eigenvalue weighted by Gasteiger charge is 2.57. The Morgan fingerprint density at radius 3 is 2.57 bits per heavy atom. The van der Waals surface area contributed by atoms with Crippen LogP contribution in [0.1, 0.15) is 19.8 Å². The Kier molecular flexibility index (Phi) is 3.04. The number of imidazole rings is 1. The van der Waals surface area contributed by atoms with Gasteiger partial charge in [0.25, 0.3) is 0 Å². The highest BCUT2D eigenvalue weighted by Crippen LogP contribution is 2.52. The number of benzene rings is 1. The molecule has 1 fully saturated rings. The number of halogens is 2. The Morgan fingerprint density at radius 1 is 1.29 bits per heavy atom. The van der Waals surface area contributed by atoms with Crippen molar-refractivity contribution in [2.24, 2.45) is 5.41 Å². The molecule has 0 spiro atoms. The zero-order chi connectivity index (χ0) is 15.1. The fraction of sp³-hybridized carbons (Fsp3) is 0.333. The minimum absolute atomic E-state index is 0.273. The molecule has 6 heteroatoms. The molecule has 1 aliphatic rings. The van der Waals surface area contributed by atoms with E-state index in [1.807, 2.05) is 30.3 Å². The van der Waals surface area contributed by atoms with Gasteiger partial charge in [-0.3, -0.25) is 10.1 Å². The lowest BCUT2D eigenvalue weighted by Crippen LogP contribution is -2.51. The minimum atomic E-state index is -2.73. The summed E-state index contributed by atoms with van der Waals surface area (Å²) in [5.41, 5.74) is 0.672. The lowest BCUT2D eigenvalue weighted by molar-refractivity contribution is -0.170. The molecule has 1 heterocycles. The zero-order valence-corrected chi connectivity index (χ0v) is 11.5. The normalized spacial score (nSPS) is 18.8. The first-order chi connectivity index (χ1) is 9.88. The highest BCUT2D eigenvalue weighted by molar-refractivity contribution is 5.94. The summed E-state index contributed by atoms with van der Waals surface area (Å²) in [6, 6.07) is 9.51. The fourth-order valence-electron chi connectivity index (χ4n) is 2.66. The molecular formula is C15H15F2N3O. The van der Waals surface area contributed by atoms with Crippen LogP contribution in [0.25, 0.3) is 11.3 Å². The van der Waals surface area contributed by atoms with E-state index in [9.17, 15) is 13.6 Å². The molecule has 21 heavy (non-hydrogen) atoms. The van der Waals surface area contributed by atoms with Crippen molar-refractivity contribution < 1.29 is 13.6 Å². The smallest absolute Gasteiger partial charge is 0.250 e. The molecule has 4 nitrogen and oxygen atoms in total. The van der Waals surface area contributed by atoms with Gasteiger partial charge < -0.3 is 4.98 Å². The maximum atomic E-state index is 13.0. The van der Waals surface area contributed by atoms with Gasteiger partial charge in [-0.05, 0) is 5.56 Å². The molecule has 1 amide bonds. The van der Waals surface area contributed by atoms with E-state index in [1.54, 1.807) is 13.1 Å². The van der Waals surface area contributed by atoms with Crippen molar-refractivity contribution in [1.82, 2.24) is 9.97 Å². The number of H-pyrrole nitrogens is 1. The molecule has 0 bridgehead atoms. The first-order valence-corrected chi connectivity index (χ1v) is 6.68. The average Bonchev–Trinajstić information content (AvgIpc) is 2.86. The van der Waals surface area contributed by atoms with Crippen molar-refractivity contribution in [3.05, 3.63) is 36.5 Å². The van der Waals surface area contributed by atoms with Gasteiger partial charge in [0.15, 0.2) is 0 Å². The Labute approximate surface area is 120 Å². The maximum Gasteiger partial charge on any atom is 0.250 e. The van der Waals surface area contributed by atoms with E-state index >= 15 is 0 Å². The van der Waals surface area contributed by atoms with Crippen LogP contribution in [0.5, 0.6) is 0 Å². The largest absolute Gasteiger partial charge is 0.324 e. The number of anilines is 1. The summed E-state index contributed by atoms with van der Waals surface area (Å²) < 4.78 is 25.9. The van der Waals surface area contributed by atoms with Crippen molar-refractivity contribution in [3.8, 4) is 11.3 Å². The Bertz CT molecular complexity index is 659. The number of aromatic nitrogens is 2. The van der Waals surface area contributed by atoms with Crippen molar-refractivity contribution >= 4 is 11.9 Å². The number of aromatic amines is 1. The monoisotopic (exact) mass is 291 g/mol. The predicted molar refractivity (Wildman–Crippen MR) is 74.9 cm³/mol. The van der Waals surface area contributed by atoms with Crippen LogP contribution in [0.3, 0.4) is 0 Å². The number of nitrogens with one attached hydrogen (secondary N) is 2. The van der Waals surface area contributed by atoms with Crippen LogP contribution in [0, 0.1) is 5.41 Å². The standard InChI is InChI=1S/C15H15F2N3O/c1-14(8-15(16,17)9-14)12(21)20-13-18-7-11(19-13)10-5-3-2-4-6-10/h2-7H,8-9H2,1H3,(H2,18,19,20,21). The molecule has 0 saturated heterocycles. The fourth-order valence-corrected chi connectivity index (χ4v) is 2.66. The number of hydrogen-bond acceptors (Lipinski definition) is 2. The second-order valence-electron chi connectivity index (χ2n) is 5.74. The Morgan fingerprint density at radius 2 is 1.95 bits per heavy atom. The number of alkyl halides is 2.